The summed E-state index contributed by atoms with van der Waals surface area (Å²) in [7, 11) is 1.49. The van der Waals surface area contributed by atoms with E-state index >= 15 is 0 Å². The fourth-order valence-corrected chi connectivity index (χ4v) is 1.67. The normalized spacial score (nSPS) is 9.90. The van der Waals surface area contributed by atoms with Crippen molar-refractivity contribution in [2.45, 2.75) is 0 Å². The molecule has 0 bridgehead atoms. The number of pyridine rings is 1. The lowest BCUT2D eigenvalue weighted by Gasteiger charge is -2.10. The van der Waals surface area contributed by atoms with E-state index in [1.807, 2.05) is 0 Å². The van der Waals surface area contributed by atoms with Crippen LogP contribution < -0.4 is 10.6 Å². The summed E-state index contributed by atoms with van der Waals surface area (Å²) in [5.41, 5.74) is 0.484. The smallest absolute Gasteiger partial charge is 0.258 e. The largest absolute Gasteiger partial charge is 0.355 e. The predicted octanol–water partition coefficient (Wildman–Crippen LogP) is 1.83. The van der Waals surface area contributed by atoms with Gasteiger partial charge in [0.2, 0.25) is 0 Å². The van der Waals surface area contributed by atoms with Gasteiger partial charge in [-0.25, -0.2) is 4.39 Å². The van der Waals surface area contributed by atoms with Crippen LogP contribution in [0.1, 0.15) is 20.7 Å². The van der Waals surface area contributed by atoms with Crippen molar-refractivity contribution in [3.05, 3.63) is 59.7 Å². The average molecular weight is 273 g/mol. The SMILES string of the molecule is CNC(=O)c1ccccc1NC(=O)c1ccncc1F. The number of carbonyl (C=O) groups excluding carboxylic acids is 2. The highest BCUT2D eigenvalue weighted by Crippen LogP contribution is 2.16. The molecule has 0 aliphatic rings. The molecule has 20 heavy (non-hydrogen) atoms. The van der Waals surface area contributed by atoms with E-state index in [4.69, 9.17) is 0 Å². The van der Waals surface area contributed by atoms with Crippen LogP contribution in [0.4, 0.5) is 10.1 Å². The van der Waals surface area contributed by atoms with Gasteiger partial charge in [-0.15, -0.1) is 0 Å². The first kappa shape index (κ1) is 13.7. The number of nitrogens with zero attached hydrogens (tertiary/aromatic N) is 1. The predicted molar refractivity (Wildman–Crippen MR) is 72.0 cm³/mol. The maximum absolute atomic E-state index is 13.5. The second-order valence-electron chi connectivity index (χ2n) is 3.93. The summed E-state index contributed by atoms with van der Waals surface area (Å²) >= 11 is 0. The average Bonchev–Trinajstić information content (AvgIpc) is 2.47. The first-order chi connectivity index (χ1) is 9.63. The van der Waals surface area contributed by atoms with Gasteiger partial charge in [0.05, 0.1) is 23.0 Å². The lowest BCUT2D eigenvalue weighted by Crippen LogP contribution is -2.21. The van der Waals surface area contributed by atoms with E-state index in [-0.39, 0.29) is 11.5 Å². The molecule has 1 aromatic heterocycles. The molecule has 2 N–H and O–H groups in total. The lowest BCUT2D eigenvalue weighted by molar-refractivity contribution is 0.0964. The van der Waals surface area contributed by atoms with Gasteiger partial charge in [0, 0.05) is 13.2 Å². The molecule has 0 spiro atoms. The molecule has 0 unspecified atom stereocenters. The third-order valence-electron chi connectivity index (χ3n) is 2.66. The molecule has 1 heterocycles. The maximum Gasteiger partial charge on any atom is 0.258 e. The van der Waals surface area contributed by atoms with Crippen molar-refractivity contribution >= 4 is 17.5 Å². The zero-order chi connectivity index (χ0) is 14.5. The third kappa shape index (κ3) is 2.80. The third-order valence-corrected chi connectivity index (χ3v) is 2.66. The van der Waals surface area contributed by atoms with Crippen LogP contribution in [0.25, 0.3) is 0 Å². The van der Waals surface area contributed by atoms with Crippen LogP contribution in [-0.4, -0.2) is 23.8 Å². The molecule has 0 atom stereocenters. The van der Waals surface area contributed by atoms with Crippen LogP contribution in [0.15, 0.2) is 42.7 Å². The summed E-state index contributed by atoms with van der Waals surface area (Å²) < 4.78 is 13.5. The van der Waals surface area contributed by atoms with E-state index in [0.717, 1.165) is 6.20 Å². The summed E-state index contributed by atoms with van der Waals surface area (Å²) in [5.74, 6) is -1.69. The van der Waals surface area contributed by atoms with Crippen molar-refractivity contribution in [2.24, 2.45) is 0 Å². The van der Waals surface area contributed by atoms with Crippen molar-refractivity contribution < 1.29 is 14.0 Å². The zero-order valence-electron chi connectivity index (χ0n) is 10.7. The number of rotatable bonds is 3. The Kier molecular flexibility index (Phi) is 4.05. The summed E-state index contributed by atoms with van der Waals surface area (Å²) in [6.07, 6.45) is 2.28. The minimum atomic E-state index is -0.720. The van der Waals surface area contributed by atoms with Crippen LogP contribution >= 0.6 is 0 Å². The van der Waals surface area contributed by atoms with Gasteiger partial charge in [-0.2, -0.15) is 0 Å². The van der Waals surface area contributed by atoms with Crippen molar-refractivity contribution in [3.63, 3.8) is 0 Å². The fourth-order valence-electron chi connectivity index (χ4n) is 1.67. The highest BCUT2D eigenvalue weighted by Gasteiger charge is 2.15. The lowest BCUT2D eigenvalue weighted by atomic mass is 10.1. The molecule has 0 aliphatic carbocycles. The topological polar surface area (TPSA) is 71.1 Å². The van der Waals surface area contributed by atoms with Gasteiger partial charge >= 0.3 is 0 Å². The van der Waals surface area contributed by atoms with Gasteiger partial charge in [-0.05, 0) is 18.2 Å². The highest BCUT2D eigenvalue weighted by molar-refractivity contribution is 6.08. The van der Waals surface area contributed by atoms with Crippen molar-refractivity contribution in [2.75, 3.05) is 12.4 Å². The summed E-state index contributed by atoms with van der Waals surface area (Å²) in [6, 6.07) is 7.75. The molecular weight excluding hydrogens is 261 g/mol. The van der Waals surface area contributed by atoms with Crippen LogP contribution in [0.3, 0.4) is 0 Å². The van der Waals surface area contributed by atoms with E-state index < -0.39 is 11.7 Å². The number of para-hydroxylation sites is 1. The molecule has 6 heteroatoms. The van der Waals surface area contributed by atoms with Gasteiger partial charge in [-0.1, -0.05) is 12.1 Å². The molecule has 102 valence electrons. The highest BCUT2D eigenvalue weighted by atomic mass is 19.1. The Bertz CT molecular complexity index is 658. The number of carbonyl (C=O) groups is 2. The molecule has 2 amide bonds. The van der Waals surface area contributed by atoms with E-state index in [1.54, 1.807) is 24.3 Å². The van der Waals surface area contributed by atoms with Crippen molar-refractivity contribution in [1.29, 1.82) is 0 Å². The first-order valence-corrected chi connectivity index (χ1v) is 5.85. The number of hydrogen-bond donors (Lipinski definition) is 2. The number of nitrogens with one attached hydrogen (secondary N) is 2. The molecule has 0 radical (unpaired) electrons. The minimum Gasteiger partial charge on any atom is -0.355 e. The van der Waals surface area contributed by atoms with Gasteiger partial charge in [0.15, 0.2) is 5.82 Å². The molecule has 5 nitrogen and oxygen atoms in total. The first-order valence-electron chi connectivity index (χ1n) is 5.85. The Hall–Kier alpha value is -2.76. The maximum atomic E-state index is 13.5. The van der Waals surface area contributed by atoms with E-state index in [1.165, 1.54) is 19.3 Å². The van der Waals surface area contributed by atoms with Gasteiger partial charge in [-0.3, -0.25) is 14.6 Å². The van der Waals surface area contributed by atoms with Crippen LogP contribution in [0, 0.1) is 5.82 Å². The van der Waals surface area contributed by atoms with Crippen molar-refractivity contribution in [3.8, 4) is 0 Å². The molecule has 0 aliphatic heterocycles. The second kappa shape index (κ2) is 5.92. The Morgan fingerprint density at radius 2 is 1.85 bits per heavy atom. The van der Waals surface area contributed by atoms with Crippen LogP contribution in [-0.2, 0) is 0 Å². The second-order valence-corrected chi connectivity index (χ2v) is 3.93. The standard InChI is InChI=1S/C14H12FN3O2/c1-16-13(19)10-4-2-3-5-12(10)18-14(20)9-6-7-17-8-11(9)15/h2-8H,1H3,(H,16,19)(H,18,20). The molecule has 0 saturated carbocycles. The fraction of sp³-hybridized carbons (Fsp3) is 0.0714. The molecule has 2 rings (SSSR count). The van der Waals surface area contributed by atoms with E-state index in [9.17, 15) is 14.0 Å². The monoisotopic (exact) mass is 273 g/mol. The van der Waals surface area contributed by atoms with Crippen LogP contribution in [0.5, 0.6) is 0 Å². The van der Waals surface area contributed by atoms with Crippen molar-refractivity contribution in [1.82, 2.24) is 10.3 Å². The van der Waals surface area contributed by atoms with Crippen LogP contribution in [0.2, 0.25) is 0 Å². The zero-order valence-corrected chi connectivity index (χ0v) is 10.7. The minimum absolute atomic E-state index is 0.133. The van der Waals surface area contributed by atoms with Gasteiger partial charge in [0.1, 0.15) is 0 Å². The summed E-state index contributed by atoms with van der Waals surface area (Å²) in [4.78, 5) is 27.2. The van der Waals surface area contributed by atoms with E-state index in [2.05, 4.69) is 15.6 Å². The van der Waals surface area contributed by atoms with Gasteiger partial charge < -0.3 is 10.6 Å². The van der Waals surface area contributed by atoms with E-state index in [0.29, 0.717) is 11.3 Å². The Morgan fingerprint density at radius 3 is 2.55 bits per heavy atom. The quantitative estimate of drug-likeness (QED) is 0.896. The molecule has 2 aromatic rings. The Morgan fingerprint density at radius 1 is 1.10 bits per heavy atom. The number of aromatic nitrogens is 1. The molecule has 1 aromatic carbocycles. The number of anilines is 1. The summed E-state index contributed by atoms with van der Waals surface area (Å²) in [6.45, 7) is 0. The number of halogens is 1. The number of benzene rings is 1. The Labute approximate surface area is 114 Å². The number of hydrogen-bond acceptors (Lipinski definition) is 3. The molecular formula is C14H12FN3O2. The number of amides is 2. The Balaban J connectivity index is 2.29. The summed E-state index contributed by atoms with van der Waals surface area (Å²) in [5, 5.41) is 4.99. The molecule has 0 saturated heterocycles. The molecule has 0 fully saturated rings. The van der Waals surface area contributed by atoms with Gasteiger partial charge in [0.25, 0.3) is 11.8 Å².